The summed E-state index contributed by atoms with van der Waals surface area (Å²) in [5.41, 5.74) is 4.27. The lowest BCUT2D eigenvalue weighted by Crippen LogP contribution is -1.86. The molecule has 0 radical (unpaired) electrons. The van der Waals surface area contributed by atoms with E-state index in [0.29, 0.717) is 5.56 Å². The molecule has 1 aromatic carbocycles. The third-order valence-electron chi connectivity index (χ3n) is 3.62. The third-order valence-corrected chi connectivity index (χ3v) is 3.62. The fourth-order valence-corrected chi connectivity index (χ4v) is 2.58. The number of aromatic nitrogens is 3. The van der Waals surface area contributed by atoms with Gasteiger partial charge in [0.15, 0.2) is 0 Å². The molecule has 0 fully saturated rings. The maximum absolute atomic E-state index is 13.9. The highest BCUT2D eigenvalue weighted by Crippen LogP contribution is 2.31. The van der Waals surface area contributed by atoms with Crippen LogP contribution in [0.1, 0.15) is 0 Å². The molecule has 4 rings (SSSR count). The Labute approximate surface area is 120 Å². The van der Waals surface area contributed by atoms with Crippen LogP contribution in [0.4, 0.5) is 4.39 Å². The van der Waals surface area contributed by atoms with Crippen molar-refractivity contribution in [2.75, 3.05) is 0 Å². The smallest absolute Gasteiger partial charge is 0.137 e. The molecule has 0 amide bonds. The zero-order valence-electron chi connectivity index (χ0n) is 11.1. The molecule has 4 heteroatoms. The molecule has 2 N–H and O–H groups in total. The number of rotatable bonds is 2. The van der Waals surface area contributed by atoms with Gasteiger partial charge in [0.05, 0.1) is 0 Å². The minimum atomic E-state index is -0.239. The second-order valence-corrected chi connectivity index (χ2v) is 4.90. The summed E-state index contributed by atoms with van der Waals surface area (Å²) in [4.78, 5) is 10.6. The van der Waals surface area contributed by atoms with Crippen molar-refractivity contribution >= 4 is 11.0 Å². The maximum atomic E-state index is 13.9. The molecular weight excluding hydrogens is 265 g/mol. The first kappa shape index (κ1) is 11.9. The number of benzene rings is 1. The molecule has 0 saturated carbocycles. The van der Waals surface area contributed by atoms with E-state index in [-0.39, 0.29) is 5.82 Å². The van der Waals surface area contributed by atoms with E-state index in [1.165, 1.54) is 6.07 Å². The molecule has 0 aliphatic carbocycles. The van der Waals surface area contributed by atoms with Crippen LogP contribution in [-0.2, 0) is 0 Å². The second-order valence-electron chi connectivity index (χ2n) is 4.90. The van der Waals surface area contributed by atoms with Gasteiger partial charge in [0.2, 0.25) is 0 Å². The van der Waals surface area contributed by atoms with Gasteiger partial charge in [0, 0.05) is 52.4 Å². The van der Waals surface area contributed by atoms with Crippen molar-refractivity contribution < 1.29 is 4.39 Å². The Hall–Kier alpha value is -2.88. The van der Waals surface area contributed by atoms with Crippen molar-refractivity contribution in [3.63, 3.8) is 0 Å². The predicted molar refractivity (Wildman–Crippen MR) is 81.3 cm³/mol. The van der Waals surface area contributed by atoms with Crippen LogP contribution in [-0.4, -0.2) is 15.0 Å². The summed E-state index contributed by atoms with van der Waals surface area (Å²) in [7, 11) is 0. The van der Waals surface area contributed by atoms with Gasteiger partial charge in [-0.05, 0) is 18.2 Å². The summed E-state index contributed by atoms with van der Waals surface area (Å²) >= 11 is 0. The van der Waals surface area contributed by atoms with E-state index in [1.54, 1.807) is 18.3 Å². The number of H-pyrrole nitrogens is 2. The van der Waals surface area contributed by atoms with Gasteiger partial charge < -0.3 is 9.97 Å². The zero-order chi connectivity index (χ0) is 14.2. The van der Waals surface area contributed by atoms with Crippen LogP contribution in [0.25, 0.3) is 33.3 Å². The van der Waals surface area contributed by atoms with Crippen LogP contribution in [0.15, 0.2) is 61.2 Å². The zero-order valence-corrected chi connectivity index (χ0v) is 11.1. The topological polar surface area (TPSA) is 44.5 Å². The molecule has 0 aliphatic rings. The first-order chi connectivity index (χ1) is 10.3. The van der Waals surface area contributed by atoms with Crippen molar-refractivity contribution in [1.82, 2.24) is 15.0 Å². The average molecular weight is 277 g/mol. The molecule has 21 heavy (non-hydrogen) atoms. The molecular formula is C17H12FN3. The minimum Gasteiger partial charge on any atom is -0.367 e. The van der Waals surface area contributed by atoms with E-state index in [9.17, 15) is 4.39 Å². The highest BCUT2D eigenvalue weighted by atomic mass is 19.1. The molecule has 0 spiro atoms. The number of fused-ring (bicyclic) bond motifs is 1. The van der Waals surface area contributed by atoms with Gasteiger partial charge in [0.1, 0.15) is 11.5 Å². The molecule has 0 saturated heterocycles. The van der Waals surface area contributed by atoms with Gasteiger partial charge in [-0.1, -0.05) is 18.2 Å². The summed E-state index contributed by atoms with van der Waals surface area (Å²) in [5.74, 6) is -0.239. The van der Waals surface area contributed by atoms with Gasteiger partial charge in [-0.2, -0.15) is 0 Å². The first-order valence-electron chi connectivity index (χ1n) is 6.68. The van der Waals surface area contributed by atoms with Crippen molar-refractivity contribution in [3.8, 4) is 22.3 Å². The molecule has 0 atom stereocenters. The van der Waals surface area contributed by atoms with Crippen LogP contribution in [0.2, 0.25) is 0 Å². The lowest BCUT2D eigenvalue weighted by atomic mass is 10.0. The summed E-state index contributed by atoms with van der Waals surface area (Å²) in [5, 5.41) is 0.982. The Morgan fingerprint density at radius 2 is 1.86 bits per heavy atom. The summed E-state index contributed by atoms with van der Waals surface area (Å²) in [6, 6.07) is 10.7. The van der Waals surface area contributed by atoms with Gasteiger partial charge in [-0.25, -0.2) is 9.37 Å². The van der Waals surface area contributed by atoms with Crippen LogP contribution in [0.3, 0.4) is 0 Å². The standard InChI is InChI=1S/C17H12FN3/c18-16-4-2-1-3-13(16)12-7-14-15(11-5-6-19-8-11)10-21-17(14)20-9-12/h1-10,19H,(H,20,21). The lowest BCUT2D eigenvalue weighted by molar-refractivity contribution is 0.631. The van der Waals surface area contributed by atoms with Crippen LogP contribution in [0.5, 0.6) is 0 Å². The van der Waals surface area contributed by atoms with E-state index in [2.05, 4.69) is 15.0 Å². The summed E-state index contributed by atoms with van der Waals surface area (Å²) in [6.07, 6.45) is 7.42. The predicted octanol–water partition coefficient (Wildman–Crippen LogP) is 4.36. The van der Waals surface area contributed by atoms with Crippen molar-refractivity contribution in [1.29, 1.82) is 0 Å². The van der Waals surface area contributed by atoms with E-state index in [0.717, 1.165) is 27.7 Å². The van der Waals surface area contributed by atoms with Crippen LogP contribution < -0.4 is 0 Å². The largest absolute Gasteiger partial charge is 0.367 e. The van der Waals surface area contributed by atoms with Crippen molar-refractivity contribution in [2.45, 2.75) is 0 Å². The van der Waals surface area contributed by atoms with Gasteiger partial charge >= 0.3 is 0 Å². The number of hydrogen-bond donors (Lipinski definition) is 2. The Bertz CT molecular complexity index is 907. The van der Waals surface area contributed by atoms with E-state index in [4.69, 9.17) is 0 Å². The second kappa shape index (κ2) is 4.59. The van der Waals surface area contributed by atoms with Crippen molar-refractivity contribution in [2.24, 2.45) is 0 Å². The lowest BCUT2D eigenvalue weighted by Gasteiger charge is -2.03. The summed E-state index contributed by atoms with van der Waals surface area (Å²) < 4.78 is 13.9. The summed E-state index contributed by atoms with van der Waals surface area (Å²) in [6.45, 7) is 0. The number of halogens is 1. The molecule has 0 aliphatic heterocycles. The highest BCUT2D eigenvalue weighted by molar-refractivity contribution is 5.95. The fourth-order valence-electron chi connectivity index (χ4n) is 2.58. The monoisotopic (exact) mass is 277 g/mol. The normalized spacial score (nSPS) is 11.1. The molecule has 0 bridgehead atoms. The number of nitrogens with one attached hydrogen (secondary N) is 2. The van der Waals surface area contributed by atoms with Gasteiger partial charge in [-0.15, -0.1) is 0 Å². The quantitative estimate of drug-likeness (QED) is 0.561. The SMILES string of the molecule is Fc1ccccc1-c1cnc2[nH]cc(-c3cc[nH]c3)c2c1. The maximum Gasteiger partial charge on any atom is 0.137 e. The molecule has 0 unspecified atom stereocenters. The van der Waals surface area contributed by atoms with Crippen LogP contribution in [0, 0.1) is 5.82 Å². The molecule has 3 nitrogen and oxygen atoms in total. The Morgan fingerprint density at radius 3 is 2.67 bits per heavy atom. The Kier molecular flexibility index (Phi) is 2.60. The Balaban J connectivity index is 1.94. The fraction of sp³-hybridized carbons (Fsp3) is 0. The molecule has 3 aromatic heterocycles. The average Bonchev–Trinajstić information content (AvgIpc) is 3.16. The van der Waals surface area contributed by atoms with Gasteiger partial charge in [-0.3, -0.25) is 0 Å². The first-order valence-corrected chi connectivity index (χ1v) is 6.68. The number of nitrogens with zero attached hydrogens (tertiary/aromatic N) is 1. The number of pyridine rings is 1. The molecule has 4 aromatic rings. The molecule has 102 valence electrons. The highest BCUT2D eigenvalue weighted by Gasteiger charge is 2.10. The third kappa shape index (κ3) is 1.92. The van der Waals surface area contributed by atoms with E-state index in [1.807, 2.05) is 36.8 Å². The number of hydrogen-bond acceptors (Lipinski definition) is 1. The Morgan fingerprint density at radius 1 is 0.952 bits per heavy atom. The minimum absolute atomic E-state index is 0.239. The van der Waals surface area contributed by atoms with Crippen molar-refractivity contribution in [3.05, 3.63) is 67.0 Å². The molecule has 3 heterocycles. The van der Waals surface area contributed by atoms with Gasteiger partial charge in [0.25, 0.3) is 0 Å². The van der Waals surface area contributed by atoms with E-state index < -0.39 is 0 Å². The van der Waals surface area contributed by atoms with Crippen LogP contribution >= 0.6 is 0 Å². The number of aromatic amines is 2. The van der Waals surface area contributed by atoms with E-state index >= 15 is 0 Å².